The van der Waals surface area contributed by atoms with Crippen LogP contribution in [0.25, 0.3) is 0 Å². The molecule has 2 aromatic rings. The smallest absolute Gasteiger partial charge is 0.255 e. The van der Waals surface area contributed by atoms with E-state index in [-0.39, 0.29) is 30.3 Å². The average Bonchev–Trinajstić information content (AvgIpc) is 2.75. The molecule has 7 heteroatoms. The fourth-order valence-electron chi connectivity index (χ4n) is 4.07. The normalized spacial score (nSPS) is 18.9. The molecule has 2 fully saturated rings. The van der Waals surface area contributed by atoms with Crippen LogP contribution in [-0.4, -0.2) is 46.7 Å². The van der Waals surface area contributed by atoms with E-state index in [1.54, 1.807) is 21.9 Å². The van der Waals surface area contributed by atoms with Crippen LogP contribution in [0.15, 0.2) is 46.9 Å². The third-order valence-corrected chi connectivity index (χ3v) is 6.64. The number of piperazine rings is 1. The standard InChI is InChI=1S/C23H24BrN3O3/c1-15-12-18(9-10-19(15)24)25-22(29)17-7-5-16(6-8-17)13-26-14-21(28)27-11-3-2-4-20(27)23(26)30/h5-10,12,20H,2-4,11,13-14H2,1H3,(H,25,29)/t20-/m0/s1. The van der Waals surface area contributed by atoms with Crippen molar-refractivity contribution in [2.45, 2.75) is 38.8 Å². The monoisotopic (exact) mass is 469 g/mol. The second-order valence-corrected chi connectivity index (χ2v) is 8.76. The lowest BCUT2D eigenvalue weighted by Crippen LogP contribution is -2.60. The number of nitrogens with zero attached hydrogens (tertiary/aromatic N) is 2. The summed E-state index contributed by atoms with van der Waals surface area (Å²) in [5.74, 6) is -0.132. The van der Waals surface area contributed by atoms with Crippen molar-refractivity contribution < 1.29 is 14.4 Å². The number of hydrogen-bond donors (Lipinski definition) is 1. The number of anilines is 1. The van der Waals surface area contributed by atoms with Crippen molar-refractivity contribution in [2.24, 2.45) is 0 Å². The molecule has 3 amide bonds. The van der Waals surface area contributed by atoms with Crippen molar-refractivity contribution >= 4 is 39.3 Å². The van der Waals surface area contributed by atoms with Crippen LogP contribution in [0.4, 0.5) is 5.69 Å². The number of carbonyl (C=O) groups is 3. The molecule has 0 aromatic heterocycles. The minimum atomic E-state index is -0.306. The number of halogens is 1. The van der Waals surface area contributed by atoms with Crippen LogP contribution in [-0.2, 0) is 16.1 Å². The molecule has 0 aliphatic carbocycles. The van der Waals surface area contributed by atoms with Crippen LogP contribution in [0.1, 0.15) is 40.7 Å². The maximum Gasteiger partial charge on any atom is 0.255 e. The van der Waals surface area contributed by atoms with Gasteiger partial charge in [0, 0.05) is 28.8 Å². The molecule has 2 aromatic carbocycles. The van der Waals surface area contributed by atoms with Crippen molar-refractivity contribution in [3.63, 3.8) is 0 Å². The Kier molecular flexibility index (Phi) is 5.90. The Bertz CT molecular complexity index is 990. The van der Waals surface area contributed by atoms with Gasteiger partial charge in [-0.1, -0.05) is 28.1 Å². The van der Waals surface area contributed by atoms with E-state index in [9.17, 15) is 14.4 Å². The van der Waals surface area contributed by atoms with Crippen LogP contribution >= 0.6 is 15.9 Å². The Hall–Kier alpha value is -2.67. The Morgan fingerprint density at radius 3 is 2.63 bits per heavy atom. The molecule has 2 heterocycles. The first-order chi connectivity index (χ1) is 14.4. The Labute approximate surface area is 184 Å². The fourth-order valence-corrected chi connectivity index (χ4v) is 4.32. The molecule has 0 saturated carbocycles. The summed E-state index contributed by atoms with van der Waals surface area (Å²) >= 11 is 3.45. The summed E-state index contributed by atoms with van der Waals surface area (Å²) in [6.07, 6.45) is 2.70. The van der Waals surface area contributed by atoms with Gasteiger partial charge in [-0.2, -0.15) is 0 Å². The molecular weight excluding hydrogens is 446 g/mol. The largest absolute Gasteiger partial charge is 0.329 e. The zero-order chi connectivity index (χ0) is 21.3. The summed E-state index contributed by atoms with van der Waals surface area (Å²) in [6.45, 7) is 3.15. The number of aryl methyl sites for hydroxylation is 1. The second-order valence-electron chi connectivity index (χ2n) is 7.91. The summed E-state index contributed by atoms with van der Waals surface area (Å²) in [5.41, 5.74) is 3.22. The zero-order valence-corrected chi connectivity index (χ0v) is 18.4. The first kappa shape index (κ1) is 20.6. The van der Waals surface area contributed by atoms with Crippen molar-refractivity contribution in [1.29, 1.82) is 0 Å². The molecule has 0 spiro atoms. The molecule has 1 atom stereocenters. The first-order valence-electron chi connectivity index (χ1n) is 10.2. The number of rotatable bonds is 4. The lowest BCUT2D eigenvalue weighted by molar-refractivity contribution is -0.158. The van der Waals surface area contributed by atoms with Gasteiger partial charge in [-0.15, -0.1) is 0 Å². The molecule has 0 unspecified atom stereocenters. The van der Waals surface area contributed by atoms with Crippen LogP contribution in [0.2, 0.25) is 0 Å². The van der Waals surface area contributed by atoms with Crippen molar-refractivity contribution in [3.8, 4) is 0 Å². The van der Waals surface area contributed by atoms with Gasteiger partial charge in [0.05, 0.1) is 0 Å². The fraction of sp³-hybridized carbons (Fsp3) is 0.348. The lowest BCUT2D eigenvalue weighted by Gasteiger charge is -2.42. The Morgan fingerprint density at radius 2 is 1.90 bits per heavy atom. The van der Waals surface area contributed by atoms with Crippen LogP contribution in [0.3, 0.4) is 0 Å². The van der Waals surface area contributed by atoms with Gasteiger partial charge in [0.15, 0.2) is 0 Å². The summed E-state index contributed by atoms with van der Waals surface area (Å²) < 4.78 is 0.993. The molecule has 0 radical (unpaired) electrons. The van der Waals surface area contributed by atoms with E-state index < -0.39 is 0 Å². The number of carbonyl (C=O) groups excluding carboxylic acids is 3. The minimum absolute atomic E-state index is 0.0279. The number of amides is 3. The third-order valence-electron chi connectivity index (χ3n) is 5.75. The maximum atomic E-state index is 12.8. The van der Waals surface area contributed by atoms with E-state index in [0.717, 1.165) is 40.5 Å². The maximum absolute atomic E-state index is 12.8. The number of hydrogen-bond acceptors (Lipinski definition) is 3. The van der Waals surface area contributed by atoms with Crippen LogP contribution < -0.4 is 5.32 Å². The molecule has 2 aliphatic heterocycles. The minimum Gasteiger partial charge on any atom is -0.329 e. The van der Waals surface area contributed by atoms with Crippen molar-refractivity contribution in [3.05, 3.63) is 63.6 Å². The number of nitrogens with one attached hydrogen (secondary N) is 1. The summed E-state index contributed by atoms with van der Waals surface area (Å²) in [7, 11) is 0. The highest BCUT2D eigenvalue weighted by Gasteiger charge is 2.40. The molecule has 1 N–H and O–H groups in total. The van der Waals surface area contributed by atoms with Gasteiger partial charge < -0.3 is 15.1 Å². The van der Waals surface area contributed by atoms with Gasteiger partial charge in [0.25, 0.3) is 5.91 Å². The molecule has 0 bridgehead atoms. The first-order valence-corrected chi connectivity index (χ1v) is 11.0. The highest BCUT2D eigenvalue weighted by Crippen LogP contribution is 2.24. The molecule has 2 aliphatic rings. The topological polar surface area (TPSA) is 69.7 Å². The van der Waals surface area contributed by atoms with E-state index in [2.05, 4.69) is 21.2 Å². The zero-order valence-electron chi connectivity index (χ0n) is 16.9. The predicted molar refractivity (Wildman–Crippen MR) is 118 cm³/mol. The van der Waals surface area contributed by atoms with E-state index >= 15 is 0 Å². The molecule has 156 valence electrons. The molecule has 6 nitrogen and oxygen atoms in total. The summed E-state index contributed by atoms with van der Waals surface area (Å²) in [4.78, 5) is 41.1. The van der Waals surface area contributed by atoms with Gasteiger partial charge >= 0.3 is 0 Å². The summed E-state index contributed by atoms with van der Waals surface area (Å²) in [6, 6.07) is 12.5. The average molecular weight is 470 g/mol. The van der Waals surface area contributed by atoms with Gasteiger partial charge in [-0.3, -0.25) is 14.4 Å². The number of benzene rings is 2. The molecule has 30 heavy (non-hydrogen) atoms. The van der Waals surface area contributed by atoms with Crippen LogP contribution in [0.5, 0.6) is 0 Å². The van der Waals surface area contributed by atoms with Crippen molar-refractivity contribution in [2.75, 3.05) is 18.4 Å². The van der Waals surface area contributed by atoms with E-state index in [4.69, 9.17) is 0 Å². The predicted octanol–water partition coefficient (Wildman–Crippen LogP) is 3.73. The van der Waals surface area contributed by atoms with Crippen molar-refractivity contribution in [1.82, 2.24) is 9.80 Å². The molecular formula is C23H24BrN3O3. The lowest BCUT2D eigenvalue weighted by atomic mass is 9.98. The van der Waals surface area contributed by atoms with E-state index in [0.29, 0.717) is 18.7 Å². The Morgan fingerprint density at radius 1 is 1.13 bits per heavy atom. The number of fused-ring (bicyclic) bond motifs is 1. The quantitative estimate of drug-likeness (QED) is 0.741. The van der Waals surface area contributed by atoms with Gasteiger partial charge in [0.2, 0.25) is 11.8 Å². The second kappa shape index (κ2) is 8.60. The van der Waals surface area contributed by atoms with Gasteiger partial charge in [0.1, 0.15) is 12.6 Å². The van der Waals surface area contributed by atoms with Gasteiger partial charge in [-0.05, 0) is 67.6 Å². The number of piperidine rings is 1. The Balaban J connectivity index is 1.40. The van der Waals surface area contributed by atoms with E-state index in [1.165, 1.54) is 0 Å². The van der Waals surface area contributed by atoms with Gasteiger partial charge in [-0.25, -0.2) is 0 Å². The molecule has 2 saturated heterocycles. The highest BCUT2D eigenvalue weighted by atomic mass is 79.9. The van der Waals surface area contributed by atoms with E-state index in [1.807, 2.05) is 37.3 Å². The third kappa shape index (κ3) is 4.26. The molecule has 4 rings (SSSR count). The highest BCUT2D eigenvalue weighted by molar-refractivity contribution is 9.10. The summed E-state index contributed by atoms with van der Waals surface area (Å²) in [5, 5.41) is 2.90. The SMILES string of the molecule is Cc1cc(NC(=O)c2ccc(CN3CC(=O)N4CCCC[C@H]4C3=O)cc2)ccc1Br. The van der Waals surface area contributed by atoms with Crippen LogP contribution in [0, 0.1) is 6.92 Å².